The number of benzene rings is 2. The van der Waals surface area contributed by atoms with Crippen LogP contribution in [0.15, 0.2) is 59.8 Å². The summed E-state index contributed by atoms with van der Waals surface area (Å²) < 4.78 is 5.27. The lowest BCUT2D eigenvalue weighted by Crippen LogP contribution is -2.39. The van der Waals surface area contributed by atoms with Gasteiger partial charge in [0.15, 0.2) is 0 Å². The van der Waals surface area contributed by atoms with E-state index in [0.717, 1.165) is 23.3 Å². The third-order valence-corrected chi connectivity index (χ3v) is 4.80. The largest absolute Gasteiger partial charge is 0.390 e. The summed E-state index contributed by atoms with van der Waals surface area (Å²) in [5, 5.41) is 15.3. The summed E-state index contributed by atoms with van der Waals surface area (Å²) in [6.07, 6.45) is 5.18. The molecule has 2 unspecified atom stereocenters. The van der Waals surface area contributed by atoms with Crippen molar-refractivity contribution in [3.63, 3.8) is 0 Å². The van der Waals surface area contributed by atoms with Gasteiger partial charge in [-0.25, -0.2) is 0 Å². The Balaban J connectivity index is 1.61. The number of aliphatic hydroxyl groups excluding tert-OH is 1. The summed E-state index contributed by atoms with van der Waals surface area (Å²) in [6, 6.07) is 17.7. The zero-order valence-electron chi connectivity index (χ0n) is 16.2. The molecule has 0 aromatic heterocycles. The highest BCUT2D eigenvalue weighted by Gasteiger charge is 2.25. The number of halogens is 1. The Labute approximate surface area is 176 Å². The summed E-state index contributed by atoms with van der Waals surface area (Å²) in [6.45, 7) is 2.06. The maximum absolute atomic E-state index is 10.4. The van der Waals surface area contributed by atoms with Crippen molar-refractivity contribution in [2.75, 3.05) is 26.3 Å². The van der Waals surface area contributed by atoms with Gasteiger partial charge in [-0.2, -0.15) is 0 Å². The fourth-order valence-electron chi connectivity index (χ4n) is 3.32. The second-order valence-corrected chi connectivity index (χ2v) is 7.47. The summed E-state index contributed by atoms with van der Waals surface area (Å²) >= 11 is 6.13. The molecule has 2 atom stereocenters. The highest BCUT2D eigenvalue weighted by atomic mass is 35.5. The maximum Gasteiger partial charge on any atom is 0.145 e. The Morgan fingerprint density at radius 1 is 1.28 bits per heavy atom. The van der Waals surface area contributed by atoms with Gasteiger partial charge in [-0.3, -0.25) is 4.90 Å². The maximum atomic E-state index is 10.4. The average Bonchev–Trinajstić information content (AvgIpc) is 3.17. The summed E-state index contributed by atoms with van der Waals surface area (Å²) in [5.74, 6) is 2.40. The monoisotopic (exact) mass is 412 g/mol. The first-order chi connectivity index (χ1) is 14.1. The van der Waals surface area contributed by atoms with Crippen LogP contribution in [0.1, 0.15) is 17.5 Å². The normalized spacial score (nSPS) is 16.9. The fraction of sp³-hybridized carbons (Fsp3) is 0.348. The second kappa shape index (κ2) is 11.0. The van der Waals surface area contributed by atoms with Crippen LogP contribution < -0.4 is 0 Å². The molecule has 1 N–H and O–H groups in total. The van der Waals surface area contributed by atoms with Gasteiger partial charge in [0.2, 0.25) is 0 Å². The van der Waals surface area contributed by atoms with E-state index in [-0.39, 0.29) is 19.3 Å². The van der Waals surface area contributed by atoms with Crippen LogP contribution in [-0.2, 0) is 16.1 Å². The third-order valence-electron chi connectivity index (χ3n) is 4.56. The molecule has 0 aliphatic carbocycles. The van der Waals surface area contributed by atoms with E-state index < -0.39 is 6.10 Å². The molecule has 3 rings (SSSR count). The predicted octanol–water partition coefficient (Wildman–Crippen LogP) is 3.35. The predicted molar refractivity (Wildman–Crippen MR) is 115 cm³/mol. The van der Waals surface area contributed by atoms with E-state index in [1.165, 1.54) is 0 Å². The summed E-state index contributed by atoms with van der Waals surface area (Å²) in [5.41, 5.74) is 3.08. The van der Waals surface area contributed by atoms with E-state index in [1.54, 1.807) is 0 Å². The molecule has 2 aromatic rings. The Morgan fingerprint density at radius 3 is 2.86 bits per heavy atom. The van der Waals surface area contributed by atoms with Gasteiger partial charge in [-0.15, -0.1) is 6.42 Å². The summed E-state index contributed by atoms with van der Waals surface area (Å²) in [7, 11) is 0. The van der Waals surface area contributed by atoms with Crippen LogP contribution in [0.4, 0.5) is 0 Å². The van der Waals surface area contributed by atoms with E-state index in [0.29, 0.717) is 24.7 Å². The zero-order chi connectivity index (χ0) is 20.5. The smallest absolute Gasteiger partial charge is 0.145 e. The molecule has 0 fully saturated rings. The Bertz CT molecular complexity index is 851. The lowest BCUT2D eigenvalue weighted by atomic mass is 10.0. The van der Waals surface area contributed by atoms with Crippen LogP contribution >= 0.6 is 11.6 Å². The molecule has 0 amide bonds. The standard InChI is InChI=1S/C23H25ClN2O3/c1-2-11-28-17-21(27)15-26(14-18-7-6-10-20(24)12-18)16-22-13-23(25-29-22)19-8-4-3-5-9-19/h1,3-10,12,21-22,27H,11,13-17H2. The molecular formula is C23H25ClN2O3. The molecule has 0 bridgehead atoms. The molecule has 1 aliphatic rings. The Hall–Kier alpha value is -2.36. The lowest BCUT2D eigenvalue weighted by molar-refractivity contribution is 0.00419. The Kier molecular flexibility index (Phi) is 8.09. The number of oxime groups is 1. The van der Waals surface area contributed by atoms with Crippen molar-refractivity contribution in [2.45, 2.75) is 25.2 Å². The van der Waals surface area contributed by atoms with Gasteiger partial charge in [-0.1, -0.05) is 65.1 Å². The molecule has 1 heterocycles. The van der Waals surface area contributed by atoms with E-state index in [9.17, 15) is 5.11 Å². The number of rotatable bonds is 10. The first-order valence-corrected chi connectivity index (χ1v) is 9.96. The molecule has 0 saturated carbocycles. The molecule has 1 aliphatic heterocycles. The first kappa shape index (κ1) is 21.4. The Morgan fingerprint density at radius 2 is 2.10 bits per heavy atom. The van der Waals surface area contributed by atoms with E-state index in [4.69, 9.17) is 27.6 Å². The second-order valence-electron chi connectivity index (χ2n) is 7.03. The quantitative estimate of drug-likeness (QED) is 0.480. The van der Waals surface area contributed by atoms with Crippen molar-refractivity contribution in [1.82, 2.24) is 4.90 Å². The van der Waals surface area contributed by atoms with E-state index >= 15 is 0 Å². The number of hydrogen-bond donors (Lipinski definition) is 1. The van der Waals surface area contributed by atoms with Gasteiger partial charge in [0.25, 0.3) is 0 Å². The van der Waals surface area contributed by atoms with Crippen molar-refractivity contribution in [1.29, 1.82) is 0 Å². The molecule has 2 aromatic carbocycles. The zero-order valence-corrected chi connectivity index (χ0v) is 17.0. The number of ether oxygens (including phenoxy) is 1. The topological polar surface area (TPSA) is 54.3 Å². The number of nitrogens with zero attached hydrogens (tertiary/aromatic N) is 2. The minimum atomic E-state index is -0.654. The highest BCUT2D eigenvalue weighted by Crippen LogP contribution is 2.19. The van der Waals surface area contributed by atoms with Gasteiger partial charge in [0.1, 0.15) is 12.7 Å². The number of terminal acetylenes is 1. The van der Waals surface area contributed by atoms with Crippen molar-refractivity contribution in [2.24, 2.45) is 5.16 Å². The number of aliphatic hydroxyl groups is 1. The van der Waals surface area contributed by atoms with Crippen molar-refractivity contribution >= 4 is 17.3 Å². The van der Waals surface area contributed by atoms with Crippen LogP contribution in [0.5, 0.6) is 0 Å². The van der Waals surface area contributed by atoms with Crippen molar-refractivity contribution < 1.29 is 14.7 Å². The molecule has 152 valence electrons. The van der Waals surface area contributed by atoms with Gasteiger partial charge >= 0.3 is 0 Å². The number of hydrogen-bond acceptors (Lipinski definition) is 5. The van der Waals surface area contributed by atoms with Crippen LogP contribution in [0.2, 0.25) is 5.02 Å². The fourth-order valence-corrected chi connectivity index (χ4v) is 3.53. The van der Waals surface area contributed by atoms with Crippen LogP contribution in [-0.4, -0.2) is 54.2 Å². The van der Waals surface area contributed by atoms with Crippen LogP contribution in [0.25, 0.3) is 0 Å². The minimum Gasteiger partial charge on any atom is -0.390 e. The molecule has 0 spiro atoms. The van der Waals surface area contributed by atoms with Gasteiger partial charge < -0.3 is 14.7 Å². The molecule has 0 saturated heterocycles. The minimum absolute atomic E-state index is 0.0804. The van der Waals surface area contributed by atoms with Gasteiger partial charge in [0.05, 0.1) is 18.4 Å². The van der Waals surface area contributed by atoms with Gasteiger partial charge in [0, 0.05) is 31.1 Å². The third kappa shape index (κ3) is 6.88. The molecule has 6 heteroatoms. The molecular weight excluding hydrogens is 388 g/mol. The molecule has 29 heavy (non-hydrogen) atoms. The first-order valence-electron chi connectivity index (χ1n) is 9.58. The van der Waals surface area contributed by atoms with Gasteiger partial charge in [-0.05, 0) is 23.3 Å². The van der Waals surface area contributed by atoms with Crippen LogP contribution in [0.3, 0.4) is 0 Å². The lowest BCUT2D eigenvalue weighted by Gasteiger charge is -2.27. The molecule has 5 nitrogen and oxygen atoms in total. The van der Waals surface area contributed by atoms with Crippen molar-refractivity contribution in [3.05, 3.63) is 70.7 Å². The average molecular weight is 413 g/mol. The molecule has 0 radical (unpaired) electrons. The van der Waals surface area contributed by atoms with Crippen LogP contribution in [0, 0.1) is 12.3 Å². The highest BCUT2D eigenvalue weighted by molar-refractivity contribution is 6.30. The SMILES string of the molecule is C#CCOCC(O)CN(Cc1cccc(Cl)c1)CC1CC(c2ccccc2)=NO1. The van der Waals surface area contributed by atoms with Crippen molar-refractivity contribution in [3.8, 4) is 12.3 Å². The van der Waals surface area contributed by atoms with E-state index in [2.05, 4.69) is 16.0 Å². The summed E-state index contributed by atoms with van der Waals surface area (Å²) in [4.78, 5) is 7.80. The van der Waals surface area contributed by atoms with E-state index in [1.807, 2.05) is 54.6 Å².